The molecule has 194 valence electrons. The van der Waals surface area contributed by atoms with Crippen molar-refractivity contribution in [3.8, 4) is 22.9 Å². The highest BCUT2D eigenvalue weighted by molar-refractivity contribution is 5.95. The van der Waals surface area contributed by atoms with E-state index < -0.39 is 24.8 Å². The molecule has 3 aromatic rings. The predicted molar refractivity (Wildman–Crippen MR) is 136 cm³/mol. The molecule has 0 bridgehead atoms. The lowest BCUT2D eigenvalue weighted by Crippen LogP contribution is -2.50. The standard InChI is InChI=1S/C28H26FN5O4/c29-24-14-34(27(36)15-35)7-6-26(24)38-25-5-4-18(8-19(25)11-30)17-2-1-3-21(9-17)33-28(37)23-10-22(23)20-12-31-16-32-13-20/h1-5,8-9,12-13,16,22-24,26,35H,6-7,10,14-15H2,(H,33,37)/t22-,23+,24+,26-/m0/s1. The first-order valence-corrected chi connectivity index (χ1v) is 12.4. The third-order valence-electron chi connectivity index (χ3n) is 6.95. The number of benzene rings is 2. The number of aliphatic hydroxyl groups excluding tert-OH is 1. The summed E-state index contributed by atoms with van der Waals surface area (Å²) in [6, 6.07) is 14.5. The lowest BCUT2D eigenvalue weighted by atomic mass is 10.0. The number of carbonyl (C=O) groups excluding carboxylic acids is 2. The van der Waals surface area contributed by atoms with Crippen molar-refractivity contribution >= 4 is 17.5 Å². The van der Waals surface area contributed by atoms with Crippen molar-refractivity contribution in [3.05, 3.63) is 72.3 Å². The fraction of sp³-hybridized carbons (Fsp3) is 0.321. The van der Waals surface area contributed by atoms with Gasteiger partial charge >= 0.3 is 0 Å². The van der Waals surface area contributed by atoms with Crippen LogP contribution in [0.4, 0.5) is 10.1 Å². The van der Waals surface area contributed by atoms with E-state index >= 15 is 0 Å². The van der Waals surface area contributed by atoms with E-state index in [1.54, 1.807) is 30.6 Å². The van der Waals surface area contributed by atoms with E-state index in [0.29, 0.717) is 5.69 Å². The quantitative estimate of drug-likeness (QED) is 0.495. The largest absolute Gasteiger partial charge is 0.486 e. The molecule has 2 amide bonds. The first-order chi connectivity index (χ1) is 18.5. The van der Waals surface area contributed by atoms with E-state index in [9.17, 15) is 19.2 Å². The molecule has 0 radical (unpaired) electrons. The van der Waals surface area contributed by atoms with E-state index in [0.717, 1.165) is 23.1 Å². The van der Waals surface area contributed by atoms with Crippen LogP contribution in [0.5, 0.6) is 5.75 Å². The SMILES string of the molecule is N#Cc1cc(-c2cccc(NC(=O)[C@@H]3C[C@H]3c3cncnc3)c2)ccc1O[C@H]1CCN(C(=O)CO)C[C@H]1F. The van der Waals surface area contributed by atoms with Crippen LogP contribution in [0.3, 0.4) is 0 Å². The fourth-order valence-electron chi connectivity index (χ4n) is 4.77. The number of nitrogens with zero attached hydrogens (tertiary/aromatic N) is 4. The highest BCUT2D eigenvalue weighted by atomic mass is 19.1. The number of anilines is 1. The zero-order valence-corrected chi connectivity index (χ0v) is 20.5. The number of alkyl halides is 1. The second-order valence-electron chi connectivity index (χ2n) is 9.47. The number of halogens is 1. The lowest BCUT2D eigenvalue weighted by Gasteiger charge is -2.34. The molecule has 2 N–H and O–H groups in total. The van der Waals surface area contributed by atoms with Crippen molar-refractivity contribution in [2.45, 2.75) is 31.0 Å². The molecule has 2 fully saturated rings. The normalized spacial score (nSPS) is 22.3. The lowest BCUT2D eigenvalue weighted by molar-refractivity contribution is -0.138. The number of piperidine rings is 1. The van der Waals surface area contributed by atoms with Crippen molar-refractivity contribution in [2.75, 3.05) is 25.0 Å². The number of nitrogens with one attached hydrogen (secondary N) is 1. The third kappa shape index (κ3) is 5.48. The van der Waals surface area contributed by atoms with E-state index in [1.807, 2.05) is 24.3 Å². The molecule has 5 rings (SSSR count). The van der Waals surface area contributed by atoms with Crippen LogP contribution in [0.15, 0.2) is 61.2 Å². The topological polar surface area (TPSA) is 128 Å². The third-order valence-corrected chi connectivity index (χ3v) is 6.95. The molecule has 2 heterocycles. The number of aliphatic hydroxyl groups is 1. The number of carbonyl (C=O) groups is 2. The number of amides is 2. The number of nitriles is 1. The van der Waals surface area contributed by atoms with Gasteiger partial charge in [-0.1, -0.05) is 18.2 Å². The summed E-state index contributed by atoms with van der Waals surface area (Å²) >= 11 is 0. The van der Waals surface area contributed by atoms with Crippen LogP contribution in [0.2, 0.25) is 0 Å². The van der Waals surface area contributed by atoms with E-state index in [-0.39, 0.29) is 48.6 Å². The van der Waals surface area contributed by atoms with Gasteiger partial charge < -0.3 is 20.1 Å². The molecule has 1 aromatic heterocycles. The minimum Gasteiger partial charge on any atom is -0.486 e. The molecular formula is C28H26FN5O4. The van der Waals surface area contributed by atoms with Crippen molar-refractivity contribution in [2.24, 2.45) is 5.92 Å². The average Bonchev–Trinajstić information content (AvgIpc) is 3.76. The summed E-state index contributed by atoms with van der Waals surface area (Å²) in [4.78, 5) is 33.7. The number of hydrogen-bond acceptors (Lipinski definition) is 7. The van der Waals surface area contributed by atoms with E-state index in [4.69, 9.17) is 9.84 Å². The number of likely N-dealkylation sites (tertiary alicyclic amines) is 1. The number of aromatic nitrogens is 2. The van der Waals surface area contributed by atoms with Gasteiger partial charge in [0.2, 0.25) is 11.8 Å². The molecule has 10 heteroatoms. The Kier molecular flexibility index (Phi) is 7.29. The molecular weight excluding hydrogens is 489 g/mol. The number of rotatable bonds is 7. The second-order valence-corrected chi connectivity index (χ2v) is 9.47. The zero-order valence-electron chi connectivity index (χ0n) is 20.5. The molecule has 0 unspecified atom stereocenters. The van der Waals surface area contributed by atoms with Gasteiger partial charge in [-0.2, -0.15) is 5.26 Å². The van der Waals surface area contributed by atoms with Crippen LogP contribution in [0.25, 0.3) is 11.1 Å². The number of hydrogen-bond donors (Lipinski definition) is 2. The van der Waals surface area contributed by atoms with Crippen LogP contribution >= 0.6 is 0 Å². The van der Waals surface area contributed by atoms with Crippen molar-refractivity contribution < 1.29 is 23.8 Å². The average molecular weight is 516 g/mol. The Morgan fingerprint density at radius 3 is 2.71 bits per heavy atom. The number of ether oxygens (including phenoxy) is 1. The highest BCUT2D eigenvalue weighted by Crippen LogP contribution is 2.47. The Bertz CT molecular complexity index is 1380. The Hall–Kier alpha value is -4.36. The molecule has 1 saturated heterocycles. The Morgan fingerprint density at radius 2 is 1.97 bits per heavy atom. The summed E-state index contributed by atoms with van der Waals surface area (Å²) < 4.78 is 20.5. The van der Waals surface area contributed by atoms with Gasteiger partial charge in [0.1, 0.15) is 30.9 Å². The summed E-state index contributed by atoms with van der Waals surface area (Å²) in [5.74, 6) is -0.324. The monoisotopic (exact) mass is 515 g/mol. The van der Waals surface area contributed by atoms with Gasteiger partial charge in [0.15, 0.2) is 6.17 Å². The van der Waals surface area contributed by atoms with Gasteiger partial charge in [-0.25, -0.2) is 14.4 Å². The molecule has 4 atom stereocenters. The van der Waals surface area contributed by atoms with Crippen LogP contribution in [0.1, 0.15) is 29.9 Å². The van der Waals surface area contributed by atoms with Crippen LogP contribution in [-0.4, -0.2) is 63.8 Å². The molecule has 0 spiro atoms. The maximum Gasteiger partial charge on any atom is 0.248 e. The van der Waals surface area contributed by atoms with Crippen LogP contribution < -0.4 is 10.1 Å². The summed E-state index contributed by atoms with van der Waals surface area (Å²) in [6.45, 7) is -0.555. The smallest absolute Gasteiger partial charge is 0.248 e. The predicted octanol–water partition coefficient (Wildman–Crippen LogP) is 3.07. The summed E-state index contributed by atoms with van der Waals surface area (Å²) in [7, 11) is 0. The molecule has 1 aliphatic carbocycles. The second kappa shape index (κ2) is 10.9. The maximum atomic E-state index is 14.7. The molecule has 1 aliphatic heterocycles. The van der Waals surface area contributed by atoms with E-state index in [2.05, 4.69) is 21.4 Å². The molecule has 1 saturated carbocycles. The molecule has 2 aliphatic rings. The first-order valence-electron chi connectivity index (χ1n) is 12.4. The van der Waals surface area contributed by atoms with Crippen molar-refractivity contribution in [3.63, 3.8) is 0 Å². The maximum absolute atomic E-state index is 14.7. The van der Waals surface area contributed by atoms with Gasteiger partial charge in [-0.15, -0.1) is 0 Å². The minimum atomic E-state index is -1.44. The summed E-state index contributed by atoms with van der Waals surface area (Å²) in [5.41, 5.74) is 3.40. The summed E-state index contributed by atoms with van der Waals surface area (Å²) in [6.07, 6.45) is 3.70. The van der Waals surface area contributed by atoms with Gasteiger partial charge in [0.25, 0.3) is 0 Å². The zero-order chi connectivity index (χ0) is 26.6. The van der Waals surface area contributed by atoms with Gasteiger partial charge in [-0.3, -0.25) is 9.59 Å². The van der Waals surface area contributed by atoms with Gasteiger partial charge in [0, 0.05) is 37.0 Å². The van der Waals surface area contributed by atoms with Crippen molar-refractivity contribution in [1.82, 2.24) is 14.9 Å². The van der Waals surface area contributed by atoms with Crippen LogP contribution in [0, 0.1) is 17.2 Å². The Morgan fingerprint density at radius 1 is 1.18 bits per heavy atom. The first kappa shape index (κ1) is 25.3. The van der Waals surface area contributed by atoms with Crippen molar-refractivity contribution in [1.29, 1.82) is 5.26 Å². The Labute approximate surface area is 218 Å². The molecule has 38 heavy (non-hydrogen) atoms. The Balaban J connectivity index is 1.25. The molecule has 2 aromatic carbocycles. The van der Waals surface area contributed by atoms with Crippen LogP contribution in [-0.2, 0) is 9.59 Å². The van der Waals surface area contributed by atoms with Gasteiger partial charge in [0.05, 0.1) is 12.1 Å². The highest BCUT2D eigenvalue weighted by Gasteiger charge is 2.44. The fourth-order valence-corrected chi connectivity index (χ4v) is 4.77. The minimum absolute atomic E-state index is 0.0648. The molecule has 9 nitrogen and oxygen atoms in total. The van der Waals surface area contributed by atoms with E-state index in [1.165, 1.54) is 11.2 Å². The summed E-state index contributed by atoms with van der Waals surface area (Å²) in [5, 5.41) is 21.7. The van der Waals surface area contributed by atoms with Gasteiger partial charge in [-0.05, 0) is 53.3 Å².